The molecule has 0 aliphatic heterocycles. The molecule has 0 aliphatic carbocycles. The number of unbranched alkanes of at least 4 members (excludes halogenated alkanes) is 1. The normalized spacial score (nSPS) is 10.7. The van der Waals surface area contributed by atoms with Gasteiger partial charge in [0.25, 0.3) is 0 Å². The van der Waals surface area contributed by atoms with Crippen LogP contribution in [0.15, 0.2) is 42.5 Å². The van der Waals surface area contributed by atoms with E-state index in [0.717, 1.165) is 30.7 Å². The molecule has 0 aliphatic rings. The van der Waals surface area contributed by atoms with E-state index in [1.807, 2.05) is 30.3 Å². The maximum Gasteiger partial charge on any atom is 0.124 e. The predicted octanol–water partition coefficient (Wildman–Crippen LogP) is 4.09. The Kier molecular flexibility index (Phi) is 7.40. The van der Waals surface area contributed by atoms with Crippen LogP contribution in [0.5, 0.6) is 5.75 Å². The fraction of sp³-hybridized carbons (Fsp3) is 0.368. The van der Waals surface area contributed by atoms with Crippen LogP contribution in [0.1, 0.15) is 29.5 Å². The predicted molar refractivity (Wildman–Crippen MR) is 95.0 cm³/mol. The van der Waals surface area contributed by atoms with Gasteiger partial charge in [-0.3, -0.25) is 0 Å². The van der Waals surface area contributed by atoms with Crippen LogP contribution in [-0.4, -0.2) is 18.3 Å². The second-order valence-corrected chi connectivity index (χ2v) is 6.01. The summed E-state index contributed by atoms with van der Waals surface area (Å²) >= 11 is 6.11. The first-order chi connectivity index (χ1) is 11.2. The van der Waals surface area contributed by atoms with Crippen LogP contribution in [-0.2, 0) is 13.2 Å². The average molecular weight is 334 g/mol. The third-order valence-electron chi connectivity index (χ3n) is 3.74. The minimum absolute atomic E-state index is 0.240. The third kappa shape index (κ3) is 5.87. The number of aliphatic hydroxyl groups is 1. The van der Waals surface area contributed by atoms with E-state index in [-0.39, 0.29) is 6.61 Å². The van der Waals surface area contributed by atoms with Gasteiger partial charge in [-0.15, -0.1) is 0 Å². The van der Waals surface area contributed by atoms with Gasteiger partial charge in [-0.2, -0.15) is 0 Å². The maximum atomic E-state index is 8.80. The fourth-order valence-corrected chi connectivity index (χ4v) is 2.53. The van der Waals surface area contributed by atoms with Crippen molar-refractivity contribution < 1.29 is 9.84 Å². The van der Waals surface area contributed by atoms with E-state index in [1.165, 1.54) is 11.1 Å². The van der Waals surface area contributed by atoms with Crippen LogP contribution in [0.3, 0.4) is 0 Å². The summed E-state index contributed by atoms with van der Waals surface area (Å²) in [6.07, 6.45) is 1.77. The number of hydrogen-bond acceptors (Lipinski definition) is 3. The number of ether oxygens (including phenoxy) is 1. The molecule has 0 radical (unpaired) electrons. The highest BCUT2D eigenvalue weighted by molar-refractivity contribution is 6.30. The Labute approximate surface area is 143 Å². The first-order valence-corrected chi connectivity index (χ1v) is 8.36. The summed E-state index contributed by atoms with van der Waals surface area (Å²) in [7, 11) is 0. The van der Waals surface area contributed by atoms with Gasteiger partial charge in [0.2, 0.25) is 0 Å². The smallest absolute Gasteiger partial charge is 0.124 e. The van der Waals surface area contributed by atoms with Crippen molar-refractivity contribution in [2.75, 3.05) is 13.2 Å². The quantitative estimate of drug-likeness (QED) is 0.679. The standard InChI is InChI=1S/C19H24ClNO2/c1-15-6-2-3-7-16(15)14-23-19-9-8-18(20)12-17(19)13-21-10-4-5-11-22/h2-3,6-9,12,21-22H,4-5,10-11,13-14H2,1H3. The Morgan fingerprint density at radius 2 is 1.91 bits per heavy atom. The van der Waals surface area contributed by atoms with Gasteiger partial charge in [0.15, 0.2) is 0 Å². The van der Waals surface area contributed by atoms with Gasteiger partial charge in [0.1, 0.15) is 12.4 Å². The summed E-state index contributed by atoms with van der Waals surface area (Å²) in [6.45, 7) is 4.44. The number of rotatable bonds is 9. The summed E-state index contributed by atoms with van der Waals surface area (Å²) in [4.78, 5) is 0. The van der Waals surface area contributed by atoms with Crippen LogP contribution < -0.4 is 10.1 Å². The topological polar surface area (TPSA) is 41.5 Å². The minimum atomic E-state index is 0.240. The van der Waals surface area contributed by atoms with E-state index in [1.54, 1.807) is 0 Å². The van der Waals surface area contributed by atoms with Crippen molar-refractivity contribution in [3.63, 3.8) is 0 Å². The Hall–Kier alpha value is -1.55. The van der Waals surface area contributed by atoms with Crippen LogP contribution in [0.4, 0.5) is 0 Å². The summed E-state index contributed by atoms with van der Waals surface area (Å²) in [5.74, 6) is 0.854. The number of halogens is 1. The molecule has 0 fully saturated rings. The van der Waals surface area contributed by atoms with E-state index < -0.39 is 0 Å². The molecule has 124 valence electrons. The molecule has 0 unspecified atom stereocenters. The van der Waals surface area contributed by atoms with Crippen molar-refractivity contribution in [1.82, 2.24) is 5.32 Å². The second-order valence-electron chi connectivity index (χ2n) is 5.57. The van der Waals surface area contributed by atoms with E-state index >= 15 is 0 Å². The maximum absolute atomic E-state index is 8.80. The van der Waals surface area contributed by atoms with Crippen molar-refractivity contribution >= 4 is 11.6 Å². The summed E-state index contributed by atoms with van der Waals surface area (Å²) in [5, 5.41) is 12.9. The number of nitrogens with one attached hydrogen (secondary N) is 1. The van der Waals surface area contributed by atoms with Gasteiger partial charge >= 0.3 is 0 Å². The van der Waals surface area contributed by atoms with Gasteiger partial charge in [-0.1, -0.05) is 35.9 Å². The highest BCUT2D eigenvalue weighted by Crippen LogP contribution is 2.24. The zero-order chi connectivity index (χ0) is 16.5. The number of benzene rings is 2. The number of aliphatic hydroxyl groups excluding tert-OH is 1. The SMILES string of the molecule is Cc1ccccc1COc1ccc(Cl)cc1CNCCCCO. The highest BCUT2D eigenvalue weighted by Gasteiger charge is 2.06. The molecule has 0 amide bonds. The van der Waals surface area contributed by atoms with Crippen LogP contribution in [0.2, 0.25) is 5.02 Å². The lowest BCUT2D eigenvalue weighted by Gasteiger charge is -2.14. The van der Waals surface area contributed by atoms with Gasteiger partial charge in [0, 0.05) is 23.7 Å². The van der Waals surface area contributed by atoms with Crippen molar-refractivity contribution in [2.45, 2.75) is 32.9 Å². The molecule has 2 N–H and O–H groups in total. The van der Waals surface area contributed by atoms with Crippen molar-refractivity contribution in [3.05, 3.63) is 64.2 Å². The average Bonchev–Trinajstić information content (AvgIpc) is 2.55. The van der Waals surface area contributed by atoms with Crippen LogP contribution in [0.25, 0.3) is 0 Å². The van der Waals surface area contributed by atoms with Gasteiger partial charge in [-0.05, 0) is 55.6 Å². The number of aryl methyl sites for hydroxylation is 1. The Bertz CT molecular complexity index is 616. The minimum Gasteiger partial charge on any atom is -0.489 e. The van der Waals surface area contributed by atoms with Crippen LogP contribution >= 0.6 is 11.6 Å². The van der Waals surface area contributed by atoms with E-state index in [9.17, 15) is 0 Å². The summed E-state index contributed by atoms with van der Waals surface area (Å²) < 4.78 is 6.00. The summed E-state index contributed by atoms with van der Waals surface area (Å²) in [6, 6.07) is 13.9. The summed E-state index contributed by atoms with van der Waals surface area (Å²) in [5.41, 5.74) is 3.46. The van der Waals surface area contributed by atoms with Gasteiger partial charge in [0.05, 0.1) is 0 Å². The molecule has 0 spiro atoms. The molecule has 0 aromatic heterocycles. The molecule has 4 heteroatoms. The van der Waals surface area contributed by atoms with Crippen LogP contribution in [0, 0.1) is 6.92 Å². The number of hydrogen-bond donors (Lipinski definition) is 2. The zero-order valence-electron chi connectivity index (χ0n) is 13.5. The lowest BCUT2D eigenvalue weighted by atomic mass is 10.1. The molecular weight excluding hydrogens is 310 g/mol. The van der Waals surface area contributed by atoms with Gasteiger partial charge < -0.3 is 15.2 Å². The molecule has 23 heavy (non-hydrogen) atoms. The molecule has 2 aromatic carbocycles. The third-order valence-corrected chi connectivity index (χ3v) is 3.98. The molecule has 3 nitrogen and oxygen atoms in total. The zero-order valence-corrected chi connectivity index (χ0v) is 14.3. The molecule has 0 saturated heterocycles. The first-order valence-electron chi connectivity index (χ1n) is 7.98. The molecule has 2 rings (SSSR count). The van der Waals surface area contributed by atoms with E-state index in [4.69, 9.17) is 21.4 Å². The molecule has 0 heterocycles. The first kappa shape index (κ1) is 17.8. The lowest BCUT2D eigenvalue weighted by Crippen LogP contribution is -2.16. The molecular formula is C19H24ClNO2. The molecule has 0 bridgehead atoms. The lowest BCUT2D eigenvalue weighted by molar-refractivity contribution is 0.283. The fourth-order valence-electron chi connectivity index (χ4n) is 2.34. The molecule has 2 aromatic rings. The van der Waals surface area contributed by atoms with E-state index in [0.29, 0.717) is 18.2 Å². The van der Waals surface area contributed by atoms with Crippen molar-refractivity contribution in [3.8, 4) is 5.75 Å². The van der Waals surface area contributed by atoms with Gasteiger partial charge in [-0.25, -0.2) is 0 Å². The van der Waals surface area contributed by atoms with E-state index in [2.05, 4.69) is 24.4 Å². The molecule has 0 saturated carbocycles. The largest absolute Gasteiger partial charge is 0.489 e. The Morgan fingerprint density at radius 3 is 2.70 bits per heavy atom. The monoisotopic (exact) mass is 333 g/mol. The highest BCUT2D eigenvalue weighted by atomic mass is 35.5. The van der Waals surface area contributed by atoms with Crippen molar-refractivity contribution in [1.29, 1.82) is 0 Å². The second kappa shape index (κ2) is 9.56. The Balaban J connectivity index is 1.96. The Morgan fingerprint density at radius 1 is 1.09 bits per heavy atom. The van der Waals surface area contributed by atoms with Crippen molar-refractivity contribution in [2.24, 2.45) is 0 Å². The molecule has 0 atom stereocenters.